The fourth-order valence-electron chi connectivity index (χ4n) is 2.71. The van der Waals surface area contributed by atoms with Crippen LogP contribution in [-0.2, 0) is 16.1 Å². The van der Waals surface area contributed by atoms with Gasteiger partial charge in [-0.05, 0) is 43.0 Å². The van der Waals surface area contributed by atoms with E-state index in [1.165, 1.54) is 29.6 Å². The number of aryl methyl sites for hydroxylation is 1. The second-order valence-electron chi connectivity index (χ2n) is 6.62. The molecule has 0 aliphatic heterocycles. The molecule has 3 rings (SSSR count). The zero-order valence-corrected chi connectivity index (χ0v) is 18.0. The minimum atomic E-state index is -0.900. The standard InChI is InChI=1S/C22H21NO4S2/c1-13-4-6-16(7-5-13)18-10-11-28-21(18)22(26)27-14(2)20(25)19-9-8-17(29-19)12-23-15(3)24/h4-11,14H,12H2,1-3H3,(H,23,24). The molecule has 0 spiro atoms. The van der Waals surface area contributed by atoms with E-state index in [0.29, 0.717) is 16.3 Å². The second kappa shape index (κ2) is 9.15. The largest absolute Gasteiger partial charge is 0.450 e. The molecule has 1 amide bonds. The number of Topliss-reactive ketones (excluding diaryl/α,β-unsaturated/α-hetero) is 1. The summed E-state index contributed by atoms with van der Waals surface area (Å²) in [5.74, 6) is -0.897. The molecule has 0 fully saturated rings. The number of nitrogens with one attached hydrogen (secondary N) is 1. The summed E-state index contributed by atoms with van der Waals surface area (Å²) in [5.41, 5.74) is 2.87. The molecular weight excluding hydrogens is 406 g/mol. The van der Waals surface area contributed by atoms with E-state index >= 15 is 0 Å². The van der Waals surface area contributed by atoms with Crippen molar-refractivity contribution in [2.45, 2.75) is 33.4 Å². The van der Waals surface area contributed by atoms with Crippen molar-refractivity contribution >= 4 is 40.3 Å². The molecule has 3 aromatic rings. The van der Waals surface area contributed by atoms with Gasteiger partial charge in [0.1, 0.15) is 4.88 Å². The Bertz CT molecular complexity index is 1030. The van der Waals surface area contributed by atoms with E-state index in [2.05, 4.69) is 5.32 Å². The summed E-state index contributed by atoms with van der Waals surface area (Å²) in [5, 5.41) is 4.53. The minimum absolute atomic E-state index is 0.131. The van der Waals surface area contributed by atoms with E-state index in [9.17, 15) is 14.4 Å². The smallest absolute Gasteiger partial charge is 0.349 e. The van der Waals surface area contributed by atoms with Gasteiger partial charge in [0, 0.05) is 17.4 Å². The quantitative estimate of drug-likeness (QED) is 0.432. The molecule has 0 radical (unpaired) electrons. The Balaban J connectivity index is 1.68. The first-order valence-electron chi connectivity index (χ1n) is 9.08. The van der Waals surface area contributed by atoms with Crippen LogP contribution in [0.4, 0.5) is 0 Å². The molecule has 0 aliphatic carbocycles. The molecule has 0 aliphatic rings. The number of carbonyl (C=O) groups excluding carboxylic acids is 3. The Labute approximate surface area is 177 Å². The van der Waals surface area contributed by atoms with Gasteiger partial charge in [0.05, 0.1) is 11.4 Å². The lowest BCUT2D eigenvalue weighted by Crippen LogP contribution is -2.23. The molecule has 1 unspecified atom stereocenters. The molecule has 150 valence electrons. The van der Waals surface area contributed by atoms with Gasteiger partial charge in [0.15, 0.2) is 6.10 Å². The van der Waals surface area contributed by atoms with Crippen LogP contribution in [0.2, 0.25) is 0 Å². The van der Waals surface area contributed by atoms with E-state index < -0.39 is 12.1 Å². The first kappa shape index (κ1) is 21.0. The molecule has 1 N–H and O–H groups in total. The van der Waals surface area contributed by atoms with Gasteiger partial charge in [0.2, 0.25) is 11.7 Å². The topological polar surface area (TPSA) is 72.5 Å². The van der Waals surface area contributed by atoms with Crippen LogP contribution in [-0.4, -0.2) is 23.8 Å². The molecule has 2 heterocycles. The third-order valence-corrected chi connectivity index (χ3v) is 6.28. The Morgan fingerprint density at radius 3 is 2.48 bits per heavy atom. The van der Waals surface area contributed by atoms with Crippen LogP contribution in [0.1, 0.15) is 43.6 Å². The molecule has 5 nitrogen and oxygen atoms in total. The number of thiophene rings is 2. The Morgan fingerprint density at radius 2 is 1.79 bits per heavy atom. The summed E-state index contributed by atoms with van der Waals surface area (Å²) in [4.78, 5) is 38.2. The first-order valence-corrected chi connectivity index (χ1v) is 10.8. The van der Waals surface area contributed by atoms with E-state index in [-0.39, 0.29) is 11.7 Å². The van der Waals surface area contributed by atoms with Crippen molar-refractivity contribution in [3.63, 3.8) is 0 Å². The predicted molar refractivity (Wildman–Crippen MR) is 116 cm³/mol. The average molecular weight is 428 g/mol. The number of ketones is 1. The van der Waals surface area contributed by atoms with Gasteiger partial charge < -0.3 is 10.1 Å². The predicted octanol–water partition coefficient (Wildman–Crippen LogP) is 4.85. The Hall–Kier alpha value is -2.77. The van der Waals surface area contributed by atoms with Crippen molar-refractivity contribution in [3.8, 4) is 11.1 Å². The van der Waals surface area contributed by atoms with E-state index in [1.807, 2.05) is 42.6 Å². The number of hydrogen-bond donors (Lipinski definition) is 1. The van der Waals surface area contributed by atoms with Gasteiger partial charge in [-0.15, -0.1) is 22.7 Å². The maximum Gasteiger partial charge on any atom is 0.349 e. The van der Waals surface area contributed by atoms with Gasteiger partial charge in [-0.2, -0.15) is 0 Å². The van der Waals surface area contributed by atoms with Gasteiger partial charge >= 0.3 is 5.97 Å². The van der Waals surface area contributed by atoms with Crippen molar-refractivity contribution in [1.82, 2.24) is 5.32 Å². The molecule has 0 saturated carbocycles. The van der Waals surface area contributed by atoms with Crippen molar-refractivity contribution < 1.29 is 19.1 Å². The summed E-state index contributed by atoms with van der Waals surface area (Å²) < 4.78 is 5.46. The van der Waals surface area contributed by atoms with E-state index in [0.717, 1.165) is 21.6 Å². The summed E-state index contributed by atoms with van der Waals surface area (Å²) >= 11 is 2.58. The van der Waals surface area contributed by atoms with Gasteiger partial charge in [-0.3, -0.25) is 9.59 Å². The monoisotopic (exact) mass is 427 g/mol. The van der Waals surface area contributed by atoms with Crippen molar-refractivity contribution in [2.75, 3.05) is 0 Å². The highest BCUT2D eigenvalue weighted by Gasteiger charge is 2.24. The number of esters is 1. The summed E-state index contributed by atoms with van der Waals surface area (Å²) in [6.45, 7) is 5.39. The number of amides is 1. The lowest BCUT2D eigenvalue weighted by molar-refractivity contribution is -0.119. The highest BCUT2D eigenvalue weighted by Crippen LogP contribution is 2.30. The van der Waals surface area contributed by atoms with Crippen LogP contribution in [0.25, 0.3) is 11.1 Å². The van der Waals surface area contributed by atoms with Gasteiger partial charge in [-0.25, -0.2) is 4.79 Å². The van der Waals surface area contributed by atoms with Gasteiger partial charge in [0.25, 0.3) is 0 Å². The normalized spacial score (nSPS) is 11.7. The third-order valence-electron chi connectivity index (χ3n) is 4.28. The van der Waals surface area contributed by atoms with Crippen LogP contribution >= 0.6 is 22.7 Å². The molecule has 2 aromatic heterocycles. The lowest BCUT2D eigenvalue weighted by Gasteiger charge is -2.12. The molecule has 0 saturated heterocycles. The van der Waals surface area contributed by atoms with Crippen LogP contribution in [0.3, 0.4) is 0 Å². The summed E-state index contributed by atoms with van der Waals surface area (Å²) in [6.07, 6.45) is -0.900. The van der Waals surface area contributed by atoms with Gasteiger partial charge in [-0.1, -0.05) is 29.8 Å². The molecule has 0 bridgehead atoms. The highest BCUT2D eigenvalue weighted by molar-refractivity contribution is 7.14. The zero-order chi connectivity index (χ0) is 21.0. The first-order chi connectivity index (χ1) is 13.8. The molecular formula is C22H21NO4S2. The maximum atomic E-state index is 12.7. The number of ether oxygens (including phenoxy) is 1. The molecule has 1 atom stereocenters. The Kier molecular flexibility index (Phi) is 6.61. The number of carbonyl (C=O) groups is 3. The number of rotatable bonds is 7. The van der Waals surface area contributed by atoms with E-state index in [4.69, 9.17) is 4.74 Å². The highest BCUT2D eigenvalue weighted by atomic mass is 32.1. The molecule has 7 heteroatoms. The number of hydrogen-bond acceptors (Lipinski definition) is 6. The molecule has 1 aromatic carbocycles. The van der Waals surface area contributed by atoms with Crippen LogP contribution in [0.15, 0.2) is 47.8 Å². The molecule has 29 heavy (non-hydrogen) atoms. The van der Waals surface area contributed by atoms with Crippen molar-refractivity contribution in [2.24, 2.45) is 0 Å². The lowest BCUT2D eigenvalue weighted by atomic mass is 10.1. The summed E-state index contributed by atoms with van der Waals surface area (Å²) in [7, 11) is 0. The zero-order valence-electron chi connectivity index (χ0n) is 16.4. The minimum Gasteiger partial charge on any atom is -0.450 e. The average Bonchev–Trinajstić information content (AvgIpc) is 3.36. The SMILES string of the molecule is CC(=O)NCc1ccc(C(=O)C(C)OC(=O)c2sccc2-c2ccc(C)cc2)s1. The second-order valence-corrected chi connectivity index (χ2v) is 8.70. The van der Waals surface area contributed by atoms with Crippen molar-refractivity contribution in [3.05, 3.63) is 68.0 Å². The van der Waals surface area contributed by atoms with Crippen LogP contribution in [0.5, 0.6) is 0 Å². The van der Waals surface area contributed by atoms with E-state index in [1.54, 1.807) is 19.1 Å². The third kappa shape index (κ3) is 5.19. The summed E-state index contributed by atoms with van der Waals surface area (Å²) in [6, 6.07) is 13.3. The number of benzene rings is 1. The Morgan fingerprint density at radius 1 is 1.07 bits per heavy atom. The fourth-order valence-corrected chi connectivity index (χ4v) is 4.48. The maximum absolute atomic E-state index is 12.7. The van der Waals surface area contributed by atoms with Crippen LogP contribution < -0.4 is 5.32 Å². The van der Waals surface area contributed by atoms with Crippen molar-refractivity contribution in [1.29, 1.82) is 0 Å². The fraction of sp³-hybridized carbons (Fsp3) is 0.227. The van der Waals surface area contributed by atoms with Crippen LogP contribution in [0, 0.1) is 6.92 Å².